The Morgan fingerprint density at radius 2 is 1.96 bits per heavy atom. The minimum absolute atomic E-state index is 0.327. The van der Waals surface area contributed by atoms with Crippen LogP contribution >= 0.6 is 0 Å². The first-order valence-corrected chi connectivity index (χ1v) is 8.06. The lowest BCUT2D eigenvalue weighted by Gasteiger charge is -2.29. The maximum absolute atomic E-state index is 12.9. The van der Waals surface area contributed by atoms with Gasteiger partial charge >= 0.3 is 6.18 Å². The van der Waals surface area contributed by atoms with E-state index < -0.39 is 23.8 Å². The molecule has 1 aliphatic rings. The molecule has 1 atom stereocenters. The monoisotopic (exact) mass is 344 g/mol. The first kappa shape index (κ1) is 18.6. The maximum atomic E-state index is 12.9. The Hall–Kier alpha value is -1.76. The topological polar surface area (TPSA) is 41.6 Å². The highest BCUT2D eigenvalue weighted by Gasteiger charge is 2.34. The summed E-state index contributed by atoms with van der Waals surface area (Å²) in [6, 6.07) is 4.91. The Bertz CT molecular complexity index is 555. The summed E-state index contributed by atoms with van der Waals surface area (Å²) in [7, 11) is 2.06. The normalized spacial score (nSPS) is 18.2. The van der Waals surface area contributed by atoms with Crippen molar-refractivity contribution in [3.8, 4) is 5.75 Å². The summed E-state index contributed by atoms with van der Waals surface area (Å²) in [6.07, 6.45) is -3.49. The van der Waals surface area contributed by atoms with Gasteiger partial charge in [0.15, 0.2) is 6.10 Å². The molecule has 2 rings (SSSR count). The zero-order valence-corrected chi connectivity index (χ0v) is 13.9. The summed E-state index contributed by atoms with van der Waals surface area (Å²) in [5.74, 6) is -0.322. The second kappa shape index (κ2) is 7.88. The number of likely N-dealkylation sites (tertiary alicyclic amines) is 1. The standard InChI is InChI=1S/C17H23F3N2O2/c1-12(16(23)21-11-13-7-9-22(2)10-8-13)24-15-6-4-3-5-14(15)17(18,19)20/h3-6,12-13H,7-11H2,1-2H3,(H,21,23)/t12-/m0/s1. The summed E-state index contributed by atoms with van der Waals surface area (Å²) < 4.78 is 44.1. The fourth-order valence-corrected chi connectivity index (χ4v) is 2.70. The predicted molar refractivity (Wildman–Crippen MR) is 84.8 cm³/mol. The largest absolute Gasteiger partial charge is 0.480 e. The summed E-state index contributed by atoms with van der Waals surface area (Å²) >= 11 is 0. The van der Waals surface area contributed by atoms with Gasteiger partial charge in [-0.15, -0.1) is 0 Å². The number of nitrogens with zero attached hydrogens (tertiary/aromatic N) is 1. The van der Waals surface area contributed by atoms with Gasteiger partial charge in [0.1, 0.15) is 5.75 Å². The summed E-state index contributed by atoms with van der Waals surface area (Å²) in [5, 5.41) is 2.78. The van der Waals surface area contributed by atoms with E-state index in [1.807, 2.05) is 0 Å². The van der Waals surface area contributed by atoms with Gasteiger partial charge < -0.3 is 15.0 Å². The molecule has 0 radical (unpaired) electrons. The minimum Gasteiger partial charge on any atom is -0.480 e. The number of amides is 1. The molecule has 0 spiro atoms. The quantitative estimate of drug-likeness (QED) is 0.893. The third kappa shape index (κ3) is 5.12. The van der Waals surface area contributed by atoms with Gasteiger partial charge in [0.05, 0.1) is 5.56 Å². The average Bonchev–Trinajstić information content (AvgIpc) is 2.53. The van der Waals surface area contributed by atoms with Crippen molar-refractivity contribution >= 4 is 5.91 Å². The number of carbonyl (C=O) groups is 1. The van der Waals surface area contributed by atoms with E-state index in [0.717, 1.165) is 32.0 Å². The molecule has 0 unspecified atom stereocenters. The van der Waals surface area contributed by atoms with Gasteiger partial charge in [-0.1, -0.05) is 12.1 Å². The van der Waals surface area contributed by atoms with Crippen LogP contribution in [0.5, 0.6) is 5.75 Å². The fraction of sp³-hybridized carbons (Fsp3) is 0.588. The van der Waals surface area contributed by atoms with E-state index in [1.165, 1.54) is 25.1 Å². The zero-order valence-electron chi connectivity index (χ0n) is 13.9. The Kier molecular flexibility index (Phi) is 6.10. The minimum atomic E-state index is -4.51. The van der Waals surface area contributed by atoms with E-state index in [9.17, 15) is 18.0 Å². The highest BCUT2D eigenvalue weighted by molar-refractivity contribution is 5.80. The van der Waals surface area contributed by atoms with E-state index in [1.54, 1.807) is 0 Å². The van der Waals surface area contributed by atoms with Crippen LogP contribution in [0, 0.1) is 5.92 Å². The Balaban J connectivity index is 1.88. The number of alkyl halides is 3. The van der Waals surface area contributed by atoms with Gasteiger partial charge in [-0.2, -0.15) is 13.2 Å². The van der Waals surface area contributed by atoms with Gasteiger partial charge in [-0.3, -0.25) is 4.79 Å². The molecule has 1 fully saturated rings. The first-order chi connectivity index (χ1) is 11.3. The molecule has 1 N–H and O–H groups in total. The Labute approximate surface area is 140 Å². The molecule has 1 amide bonds. The molecule has 1 heterocycles. The lowest BCUT2D eigenvalue weighted by atomic mass is 9.97. The van der Waals surface area contributed by atoms with Crippen molar-refractivity contribution in [3.63, 3.8) is 0 Å². The molecule has 24 heavy (non-hydrogen) atoms. The maximum Gasteiger partial charge on any atom is 0.419 e. The van der Waals surface area contributed by atoms with E-state index >= 15 is 0 Å². The van der Waals surface area contributed by atoms with Crippen LogP contribution in [0.4, 0.5) is 13.2 Å². The molecule has 134 valence electrons. The molecule has 0 aliphatic carbocycles. The molecule has 1 aromatic rings. The number of ether oxygens (including phenoxy) is 1. The number of hydrogen-bond donors (Lipinski definition) is 1. The lowest BCUT2D eigenvalue weighted by Crippen LogP contribution is -2.41. The third-order valence-electron chi connectivity index (χ3n) is 4.27. The van der Waals surface area contributed by atoms with Gasteiger partial charge in [0.25, 0.3) is 5.91 Å². The second-order valence-electron chi connectivity index (χ2n) is 6.25. The van der Waals surface area contributed by atoms with Crippen molar-refractivity contribution in [3.05, 3.63) is 29.8 Å². The number of rotatable bonds is 5. The van der Waals surface area contributed by atoms with Crippen LogP contribution in [-0.2, 0) is 11.0 Å². The van der Waals surface area contributed by atoms with Crippen molar-refractivity contribution in [2.45, 2.75) is 32.0 Å². The highest BCUT2D eigenvalue weighted by Crippen LogP contribution is 2.36. The fourth-order valence-electron chi connectivity index (χ4n) is 2.70. The lowest BCUT2D eigenvalue weighted by molar-refractivity contribution is -0.140. The number of hydrogen-bond acceptors (Lipinski definition) is 3. The van der Waals surface area contributed by atoms with Crippen molar-refractivity contribution in [1.29, 1.82) is 0 Å². The Morgan fingerprint density at radius 3 is 2.58 bits per heavy atom. The van der Waals surface area contributed by atoms with E-state index in [-0.39, 0.29) is 5.75 Å². The number of piperidine rings is 1. The highest BCUT2D eigenvalue weighted by atomic mass is 19.4. The number of para-hydroxylation sites is 1. The first-order valence-electron chi connectivity index (χ1n) is 8.06. The molecule has 1 saturated heterocycles. The van der Waals surface area contributed by atoms with Crippen LogP contribution in [0.25, 0.3) is 0 Å². The Morgan fingerprint density at radius 1 is 1.33 bits per heavy atom. The van der Waals surface area contributed by atoms with E-state index in [4.69, 9.17) is 4.74 Å². The SMILES string of the molecule is C[C@H](Oc1ccccc1C(F)(F)F)C(=O)NCC1CCN(C)CC1. The van der Waals surface area contributed by atoms with Gasteiger partial charge in [-0.05, 0) is 58.0 Å². The van der Waals surface area contributed by atoms with Crippen LogP contribution in [0.3, 0.4) is 0 Å². The number of nitrogens with one attached hydrogen (secondary N) is 1. The van der Waals surface area contributed by atoms with Crippen LogP contribution in [0.15, 0.2) is 24.3 Å². The summed E-state index contributed by atoms with van der Waals surface area (Å²) in [5.41, 5.74) is -0.875. The van der Waals surface area contributed by atoms with Crippen LogP contribution in [-0.4, -0.2) is 43.6 Å². The number of halogens is 3. The van der Waals surface area contributed by atoms with Crippen molar-refractivity contribution < 1.29 is 22.7 Å². The summed E-state index contributed by atoms with van der Waals surface area (Å²) in [6.45, 7) is 3.97. The molecular formula is C17H23F3N2O2. The third-order valence-corrected chi connectivity index (χ3v) is 4.27. The molecule has 0 saturated carbocycles. The molecule has 1 aromatic carbocycles. The van der Waals surface area contributed by atoms with Crippen molar-refractivity contribution in [2.24, 2.45) is 5.92 Å². The summed E-state index contributed by atoms with van der Waals surface area (Å²) in [4.78, 5) is 14.3. The van der Waals surface area contributed by atoms with Crippen LogP contribution < -0.4 is 10.1 Å². The van der Waals surface area contributed by atoms with Gasteiger partial charge in [0.2, 0.25) is 0 Å². The van der Waals surface area contributed by atoms with Gasteiger partial charge in [0, 0.05) is 6.54 Å². The number of benzene rings is 1. The van der Waals surface area contributed by atoms with Crippen LogP contribution in [0.1, 0.15) is 25.3 Å². The van der Waals surface area contributed by atoms with Crippen molar-refractivity contribution in [1.82, 2.24) is 10.2 Å². The van der Waals surface area contributed by atoms with E-state index in [2.05, 4.69) is 17.3 Å². The van der Waals surface area contributed by atoms with Crippen LogP contribution in [0.2, 0.25) is 0 Å². The zero-order chi connectivity index (χ0) is 17.7. The molecule has 4 nitrogen and oxygen atoms in total. The van der Waals surface area contributed by atoms with Crippen molar-refractivity contribution in [2.75, 3.05) is 26.7 Å². The predicted octanol–water partition coefficient (Wildman–Crippen LogP) is 2.93. The molecule has 7 heteroatoms. The smallest absolute Gasteiger partial charge is 0.419 e. The molecule has 0 bridgehead atoms. The average molecular weight is 344 g/mol. The van der Waals surface area contributed by atoms with E-state index in [0.29, 0.717) is 12.5 Å². The molecule has 1 aliphatic heterocycles. The molecule has 0 aromatic heterocycles. The molecular weight excluding hydrogens is 321 g/mol. The second-order valence-corrected chi connectivity index (χ2v) is 6.25. The van der Waals surface area contributed by atoms with Gasteiger partial charge in [-0.25, -0.2) is 0 Å². The number of carbonyl (C=O) groups excluding carboxylic acids is 1.